The number of carboxylic acid groups (broad SMARTS) is 1. The number of aromatic nitrogens is 3. The molecule has 0 aliphatic rings. The summed E-state index contributed by atoms with van der Waals surface area (Å²) in [5, 5.41) is 22.9. The molecule has 0 aliphatic heterocycles. The molecular weight excluding hydrogens is 670 g/mol. The summed E-state index contributed by atoms with van der Waals surface area (Å²) >= 11 is 0. The van der Waals surface area contributed by atoms with E-state index in [1.165, 1.54) is 0 Å². The van der Waals surface area contributed by atoms with Crippen molar-refractivity contribution >= 4 is 23.6 Å². The number of hydrogen-bond acceptors (Lipinski definition) is 11. The zero-order valence-corrected chi connectivity index (χ0v) is 30.7. The van der Waals surface area contributed by atoms with Crippen LogP contribution in [0, 0.1) is 20.8 Å². The van der Waals surface area contributed by atoms with Gasteiger partial charge in [-0.25, -0.2) is 9.67 Å². The number of nitrogens with zero attached hydrogens (tertiary/aromatic N) is 3. The maximum atomic E-state index is 12.8. The second-order valence-electron chi connectivity index (χ2n) is 12.2. The molecule has 15 heteroatoms. The van der Waals surface area contributed by atoms with Crippen molar-refractivity contribution in [3.05, 3.63) is 70.7 Å². The van der Waals surface area contributed by atoms with Crippen LogP contribution in [0.5, 0.6) is 0 Å². The number of pyridine rings is 1. The zero-order valence-electron chi connectivity index (χ0n) is 30.7. The first-order chi connectivity index (χ1) is 25.2. The number of carbonyl (C=O) groups is 3. The van der Waals surface area contributed by atoms with Crippen LogP contribution in [0.1, 0.15) is 59.8 Å². The Balaban J connectivity index is 1.43. The number of ether oxygens (including phenoxy) is 4. The summed E-state index contributed by atoms with van der Waals surface area (Å²) in [6.45, 7) is 10.9. The molecule has 3 aromatic rings. The van der Waals surface area contributed by atoms with Gasteiger partial charge in [-0.05, 0) is 81.0 Å². The van der Waals surface area contributed by atoms with Gasteiger partial charge in [0.1, 0.15) is 5.82 Å². The van der Waals surface area contributed by atoms with Crippen molar-refractivity contribution in [3.63, 3.8) is 0 Å². The standard InChI is InChI=1S/C37H55N7O8/c1-27-11-14-40-34(23-27)39-13-5-10-35(45)41-26-36(46)42-33(25-37(47)48)30-7-4-8-31(24-30)44-29(3)32(28(2)43-44)9-6-15-49-17-19-51-21-22-52-20-18-50-16-12-38/h4,7-8,11,14,23-24,33H,5-6,9-10,12-13,15-22,25-26,38H2,1-3H3,(H,39,40)(H,41,45)(H,42,46)(H,47,48)/t33-/m0/s1. The van der Waals surface area contributed by atoms with E-state index in [0.29, 0.717) is 77.9 Å². The Hall–Kier alpha value is -4.41. The molecule has 0 aliphatic carbocycles. The van der Waals surface area contributed by atoms with Gasteiger partial charge in [0.25, 0.3) is 0 Å². The summed E-state index contributed by atoms with van der Waals surface area (Å²) in [6, 6.07) is 10.3. The number of carboxylic acids is 1. The Labute approximate surface area is 305 Å². The van der Waals surface area contributed by atoms with E-state index in [1.807, 2.05) is 55.8 Å². The monoisotopic (exact) mass is 725 g/mol. The van der Waals surface area contributed by atoms with Crippen LogP contribution in [-0.4, -0.2) is 110 Å². The molecule has 0 saturated carbocycles. The van der Waals surface area contributed by atoms with Crippen molar-refractivity contribution in [1.82, 2.24) is 25.4 Å². The highest BCUT2D eigenvalue weighted by atomic mass is 16.6. The molecule has 52 heavy (non-hydrogen) atoms. The number of aryl methyl sites for hydroxylation is 2. The quantitative estimate of drug-likeness (QED) is 0.0721. The topological polar surface area (TPSA) is 201 Å². The summed E-state index contributed by atoms with van der Waals surface area (Å²) in [5.41, 5.74) is 10.8. The molecule has 15 nitrogen and oxygen atoms in total. The van der Waals surface area contributed by atoms with Crippen molar-refractivity contribution in [3.8, 4) is 5.69 Å². The van der Waals surface area contributed by atoms with E-state index >= 15 is 0 Å². The third-order valence-electron chi connectivity index (χ3n) is 8.01. The second kappa shape index (κ2) is 23.9. The van der Waals surface area contributed by atoms with E-state index in [2.05, 4.69) is 20.9 Å². The molecule has 1 atom stereocenters. The Morgan fingerprint density at radius 3 is 2.25 bits per heavy atom. The van der Waals surface area contributed by atoms with Gasteiger partial charge in [0, 0.05) is 38.0 Å². The third kappa shape index (κ3) is 15.9. The maximum absolute atomic E-state index is 12.8. The van der Waals surface area contributed by atoms with Crippen molar-refractivity contribution in [1.29, 1.82) is 0 Å². The number of rotatable bonds is 27. The molecule has 286 valence electrons. The van der Waals surface area contributed by atoms with Crippen LogP contribution < -0.4 is 21.7 Å². The van der Waals surface area contributed by atoms with E-state index < -0.39 is 17.9 Å². The van der Waals surface area contributed by atoms with Crippen molar-refractivity contribution in [2.45, 2.75) is 58.9 Å². The zero-order chi connectivity index (χ0) is 37.6. The maximum Gasteiger partial charge on any atom is 0.305 e. The molecule has 3 rings (SSSR count). The molecule has 0 fully saturated rings. The van der Waals surface area contributed by atoms with Crippen LogP contribution in [0.2, 0.25) is 0 Å². The smallest absolute Gasteiger partial charge is 0.305 e. The average molecular weight is 726 g/mol. The average Bonchev–Trinajstić information content (AvgIpc) is 3.41. The van der Waals surface area contributed by atoms with Gasteiger partial charge in [-0.15, -0.1) is 0 Å². The third-order valence-corrected chi connectivity index (χ3v) is 8.01. The first kappa shape index (κ1) is 42.0. The largest absolute Gasteiger partial charge is 0.481 e. The molecule has 0 radical (unpaired) electrons. The molecule has 2 aromatic heterocycles. The number of carbonyl (C=O) groups excluding carboxylic acids is 2. The molecule has 0 saturated heterocycles. The Morgan fingerprint density at radius 1 is 0.885 bits per heavy atom. The van der Waals surface area contributed by atoms with Crippen molar-refractivity contribution < 1.29 is 38.4 Å². The molecule has 0 unspecified atom stereocenters. The van der Waals surface area contributed by atoms with Crippen LogP contribution >= 0.6 is 0 Å². The summed E-state index contributed by atoms with van der Waals surface area (Å²) in [5.74, 6) is -1.08. The van der Waals surface area contributed by atoms with Crippen LogP contribution in [0.25, 0.3) is 5.69 Å². The van der Waals surface area contributed by atoms with Crippen molar-refractivity contribution in [2.24, 2.45) is 5.73 Å². The summed E-state index contributed by atoms with van der Waals surface area (Å²) in [7, 11) is 0. The lowest BCUT2D eigenvalue weighted by molar-refractivity contribution is -0.138. The predicted molar refractivity (Wildman–Crippen MR) is 197 cm³/mol. The molecule has 0 bridgehead atoms. The van der Waals surface area contributed by atoms with Gasteiger partial charge in [0.05, 0.1) is 76.6 Å². The fourth-order valence-electron chi connectivity index (χ4n) is 5.40. The minimum atomic E-state index is -1.06. The van der Waals surface area contributed by atoms with Crippen LogP contribution in [0.3, 0.4) is 0 Å². The minimum Gasteiger partial charge on any atom is -0.481 e. The Kier molecular flexibility index (Phi) is 19.3. The van der Waals surface area contributed by atoms with E-state index in [9.17, 15) is 19.5 Å². The number of aliphatic carboxylic acids is 1. The number of nitrogens with one attached hydrogen (secondary N) is 3. The van der Waals surface area contributed by atoms with Crippen LogP contribution in [0.4, 0.5) is 5.82 Å². The molecular formula is C37H55N7O8. The number of nitrogens with two attached hydrogens (primary N) is 1. The van der Waals surface area contributed by atoms with Gasteiger partial charge in [-0.1, -0.05) is 12.1 Å². The lowest BCUT2D eigenvalue weighted by atomic mass is 10.0. The van der Waals surface area contributed by atoms with Gasteiger partial charge in [-0.2, -0.15) is 5.10 Å². The van der Waals surface area contributed by atoms with Crippen molar-refractivity contribution in [2.75, 3.05) is 77.8 Å². The highest BCUT2D eigenvalue weighted by molar-refractivity contribution is 5.85. The summed E-state index contributed by atoms with van der Waals surface area (Å²) in [6.07, 6.45) is 3.76. The number of benzene rings is 1. The summed E-state index contributed by atoms with van der Waals surface area (Å²) < 4.78 is 23.8. The SMILES string of the molecule is Cc1ccnc(NCCCC(=O)NCC(=O)N[C@@H](CC(=O)O)c2cccc(-n3nc(C)c(CCCOCCOCCOCCOCCN)c3C)c2)c1. The molecule has 2 heterocycles. The van der Waals surface area contributed by atoms with Gasteiger partial charge in [0.2, 0.25) is 11.8 Å². The van der Waals surface area contributed by atoms with E-state index in [0.717, 1.165) is 46.9 Å². The molecule has 6 N–H and O–H groups in total. The highest BCUT2D eigenvalue weighted by Gasteiger charge is 2.20. The number of amides is 2. The number of hydrogen-bond donors (Lipinski definition) is 5. The van der Waals surface area contributed by atoms with Gasteiger partial charge >= 0.3 is 5.97 Å². The Bertz CT molecular complexity index is 1530. The fourth-order valence-corrected chi connectivity index (χ4v) is 5.40. The number of anilines is 1. The van der Waals surface area contributed by atoms with E-state index in [1.54, 1.807) is 12.3 Å². The van der Waals surface area contributed by atoms with E-state index in [-0.39, 0.29) is 25.3 Å². The molecule has 2 amide bonds. The van der Waals surface area contributed by atoms with Gasteiger partial charge < -0.3 is 45.7 Å². The highest BCUT2D eigenvalue weighted by Crippen LogP contribution is 2.24. The van der Waals surface area contributed by atoms with E-state index in [4.69, 9.17) is 29.8 Å². The first-order valence-electron chi connectivity index (χ1n) is 17.8. The minimum absolute atomic E-state index is 0.226. The Morgan fingerprint density at radius 2 is 1.58 bits per heavy atom. The van der Waals surface area contributed by atoms with Crippen LogP contribution in [0.15, 0.2) is 42.6 Å². The van der Waals surface area contributed by atoms with Gasteiger partial charge in [-0.3, -0.25) is 14.4 Å². The molecule has 0 spiro atoms. The molecule has 1 aromatic carbocycles. The second-order valence-corrected chi connectivity index (χ2v) is 12.2. The normalized spacial score (nSPS) is 11.7. The lowest BCUT2D eigenvalue weighted by Gasteiger charge is -2.19. The lowest BCUT2D eigenvalue weighted by Crippen LogP contribution is -2.39. The predicted octanol–water partition coefficient (Wildman–Crippen LogP) is 2.79. The van der Waals surface area contributed by atoms with Crippen LogP contribution in [-0.2, 0) is 39.8 Å². The fraction of sp³-hybridized carbons (Fsp3) is 0.541. The first-order valence-corrected chi connectivity index (χ1v) is 17.8. The summed E-state index contributed by atoms with van der Waals surface area (Å²) in [4.78, 5) is 41.1. The van der Waals surface area contributed by atoms with Gasteiger partial charge in [0.15, 0.2) is 0 Å².